The first-order valence-electron chi connectivity index (χ1n) is 9.47. The van der Waals surface area contributed by atoms with Crippen molar-refractivity contribution < 1.29 is 22.0 Å². The minimum atomic E-state index is -4.01. The highest BCUT2D eigenvalue weighted by Gasteiger charge is 2.39. The molecule has 0 aromatic heterocycles. The van der Waals surface area contributed by atoms with E-state index in [2.05, 4.69) is 0 Å². The lowest BCUT2D eigenvalue weighted by Gasteiger charge is -2.30. The fourth-order valence-corrected chi connectivity index (χ4v) is 6.53. The molecule has 0 unspecified atom stereocenters. The third kappa shape index (κ3) is 5.58. The first-order chi connectivity index (χ1) is 13.8. The van der Waals surface area contributed by atoms with Gasteiger partial charge in [-0.05, 0) is 45.4 Å². The number of benzene rings is 2. The monoisotopic (exact) mass is 437 g/mol. The van der Waals surface area contributed by atoms with Crippen LogP contribution in [0.25, 0.3) is 0 Å². The SMILES string of the molecule is C/C=C(\N(Cc1ccccc1)S(=O)(=O)c1ccc(C)cc1)P(=O)(OCC)OCC. The number of rotatable bonds is 10. The minimum absolute atomic E-state index is 0.000855. The number of allylic oxidation sites excluding steroid dienone is 1. The zero-order valence-electron chi connectivity index (χ0n) is 17.2. The van der Waals surface area contributed by atoms with Crippen LogP contribution in [0.15, 0.2) is 71.0 Å². The maximum Gasteiger partial charge on any atom is 0.377 e. The number of nitrogens with zero attached hydrogens (tertiary/aromatic N) is 1. The fourth-order valence-electron chi connectivity index (χ4n) is 2.82. The second kappa shape index (κ2) is 10.2. The summed E-state index contributed by atoms with van der Waals surface area (Å²) >= 11 is 0. The average Bonchev–Trinajstić information content (AvgIpc) is 2.69. The molecule has 0 radical (unpaired) electrons. The maximum atomic E-state index is 13.6. The van der Waals surface area contributed by atoms with Crippen molar-refractivity contribution in [2.45, 2.75) is 39.1 Å². The van der Waals surface area contributed by atoms with E-state index in [4.69, 9.17) is 9.05 Å². The van der Waals surface area contributed by atoms with Gasteiger partial charge in [0.1, 0.15) is 5.44 Å². The number of hydrogen-bond donors (Lipinski definition) is 0. The van der Waals surface area contributed by atoms with Crippen molar-refractivity contribution in [2.24, 2.45) is 0 Å². The molecule has 2 aromatic rings. The van der Waals surface area contributed by atoms with Gasteiger partial charge in [0, 0.05) is 0 Å². The van der Waals surface area contributed by atoms with Gasteiger partial charge in [0.2, 0.25) is 0 Å². The molecule has 29 heavy (non-hydrogen) atoms. The van der Waals surface area contributed by atoms with Gasteiger partial charge in [0.05, 0.1) is 24.7 Å². The molecule has 6 nitrogen and oxygen atoms in total. The van der Waals surface area contributed by atoms with Crippen molar-refractivity contribution in [3.8, 4) is 0 Å². The molecule has 0 fully saturated rings. The van der Waals surface area contributed by atoms with E-state index in [0.29, 0.717) is 0 Å². The molecule has 0 aliphatic carbocycles. The van der Waals surface area contributed by atoms with Crippen LogP contribution in [0, 0.1) is 6.92 Å². The van der Waals surface area contributed by atoms with E-state index in [1.165, 1.54) is 6.08 Å². The van der Waals surface area contributed by atoms with E-state index in [1.54, 1.807) is 45.0 Å². The summed E-state index contributed by atoms with van der Waals surface area (Å²) in [6.07, 6.45) is 1.49. The molecule has 0 spiro atoms. The predicted octanol–water partition coefficient (Wildman–Crippen LogP) is 5.31. The summed E-state index contributed by atoms with van der Waals surface area (Å²) in [5, 5.41) is 0. The summed E-state index contributed by atoms with van der Waals surface area (Å²) in [6, 6.07) is 15.7. The van der Waals surface area contributed by atoms with Crippen LogP contribution in [-0.2, 0) is 30.2 Å². The molecule has 0 aliphatic rings. The van der Waals surface area contributed by atoms with Gasteiger partial charge in [-0.3, -0.25) is 8.87 Å². The second-order valence-corrected chi connectivity index (χ2v) is 10.1. The average molecular weight is 437 g/mol. The zero-order valence-corrected chi connectivity index (χ0v) is 18.9. The van der Waals surface area contributed by atoms with Gasteiger partial charge in [-0.15, -0.1) is 0 Å². The number of aryl methyl sites for hydroxylation is 1. The quantitative estimate of drug-likeness (QED) is 0.471. The van der Waals surface area contributed by atoms with Gasteiger partial charge in [-0.2, -0.15) is 0 Å². The summed E-state index contributed by atoms with van der Waals surface area (Å²) in [5.74, 6) is 0. The Kier molecular flexibility index (Phi) is 8.23. The first kappa shape index (κ1) is 23.4. The first-order valence-corrected chi connectivity index (χ1v) is 12.5. The normalized spacial score (nSPS) is 12.8. The van der Waals surface area contributed by atoms with Gasteiger partial charge in [-0.1, -0.05) is 54.1 Å². The van der Waals surface area contributed by atoms with Crippen LogP contribution in [-0.4, -0.2) is 25.9 Å². The molecule has 2 aromatic carbocycles. The van der Waals surface area contributed by atoms with E-state index in [0.717, 1.165) is 15.4 Å². The Bertz CT molecular complexity index is 962. The Labute approximate surface area is 173 Å². The molecule has 0 amide bonds. The van der Waals surface area contributed by atoms with Crippen LogP contribution in [0.3, 0.4) is 0 Å². The standard InChI is InChI=1S/C21H28NO5PS/c1-5-21(28(23,26-6-2)27-7-3)22(17-19-11-9-8-10-12-19)29(24,25)20-15-13-18(4)14-16-20/h5,8-16H,6-7,17H2,1-4H3/b21-5+. The molecule has 2 rings (SSSR count). The van der Waals surface area contributed by atoms with Crippen molar-refractivity contribution in [3.63, 3.8) is 0 Å². The Morgan fingerprint density at radius 2 is 1.55 bits per heavy atom. The third-order valence-corrected chi connectivity index (χ3v) is 8.34. The summed E-state index contributed by atoms with van der Waals surface area (Å²) in [6.45, 7) is 7.14. The van der Waals surface area contributed by atoms with Crippen molar-refractivity contribution >= 4 is 17.6 Å². The van der Waals surface area contributed by atoms with Crippen LogP contribution in [0.2, 0.25) is 0 Å². The van der Waals surface area contributed by atoms with Crippen LogP contribution < -0.4 is 0 Å². The Balaban J connectivity index is 2.62. The van der Waals surface area contributed by atoms with Gasteiger partial charge in [0.15, 0.2) is 0 Å². The fraction of sp³-hybridized carbons (Fsp3) is 0.333. The van der Waals surface area contributed by atoms with E-state index in [9.17, 15) is 13.0 Å². The lowest BCUT2D eigenvalue weighted by Crippen LogP contribution is -2.31. The van der Waals surface area contributed by atoms with Gasteiger partial charge >= 0.3 is 7.60 Å². The van der Waals surface area contributed by atoms with E-state index in [-0.39, 0.29) is 30.1 Å². The van der Waals surface area contributed by atoms with Crippen molar-refractivity contribution in [2.75, 3.05) is 13.2 Å². The van der Waals surface area contributed by atoms with Crippen molar-refractivity contribution in [1.82, 2.24) is 4.31 Å². The molecule has 0 N–H and O–H groups in total. The lowest BCUT2D eigenvalue weighted by molar-refractivity contribution is 0.220. The van der Waals surface area contributed by atoms with Crippen molar-refractivity contribution in [1.29, 1.82) is 0 Å². The van der Waals surface area contributed by atoms with Crippen LogP contribution in [0.5, 0.6) is 0 Å². The van der Waals surface area contributed by atoms with Gasteiger partial charge in [0.25, 0.3) is 10.0 Å². The largest absolute Gasteiger partial charge is 0.377 e. The molecule has 0 atom stereocenters. The van der Waals surface area contributed by atoms with Crippen LogP contribution in [0.1, 0.15) is 31.9 Å². The number of hydrogen-bond acceptors (Lipinski definition) is 5. The summed E-state index contributed by atoms with van der Waals surface area (Å²) < 4.78 is 52.6. The summed E-state index contributed by atoms with van der Waals surface area (Å²) in [4.78, 5) is 0.109. The lowest BCUT2D eigenvalue weighted by atomic mass is 10.2. The van der Waals surface area contributed by atoms with E-state index in [1.807, 2.05) is 37.3 Å². The van der Waals surface area contributed by atoms with E-state index >= 15 is 0 Å². The summed E-state index contributed by atoms with van der Waals surface area (Å²) in [7, 11) is -7.86. The Morgan fingerprint density at radius 3 is 2.03 bits per heavy atom. The van der Waals surface area contributed by atoms with Crippen LogP contribution >= 0.6 is 7.60 Å². The Hall–Kier alpha value is -1.92. The smallest absolute Gasteiger partial charge is 0.304 e. The molecule has 8 heteroatoms. The molecule has 0 heterocycles. The third-order valence-electron chi connectivity index (χ3n) is 4.17. The molecule has 0 saturated carbocycles. The summed E-state index contributed by atoms with van der Waals surface area (Å²) in [5.41, 5.74) is 1.70. The molecule has 0 saturated heterocycles. The minimum Gasteiger partial charge on any atom is -0.304 e. The van der Waals surface area contributed by atoms with Crippen LogP contribution in [0.4, 0.5) is 0 Å². The molecule has 0 bridgehead atoms. The molecular formula is C21H28NO5PS. The molecular weight excluding hydrogens is 409 g/mol. The van der Waals surface area contributed by atoms with Gasteiger partial charge in [-0.25, -0.2) is 8.42 Å². The van der Waals surface area contributed by atoms with Crippen molar-refractivity contribution in [3.05, 3.63) is 77.2 Å². The van der Waals surface area contributed by atoms with E-state index < -0.39 is 17.6 Å². The zero-order chi connectivity index (χ0) is 21.5. The topological polar surface area (TPSA) is 72.9 Å². The maximum absolute atomic E-state index is 13.6. The molecule has 0 aliphatic heterocycles. The van der Waals surface area contributed by atoms with Gasteiger partial charge < -0.3 is 9.05 Å². The highest BCUT2D eigenvalue weighted by Crippen LogP contribution is 2.58. The second-order valence-electron chi connectivity index (χ2n) is 6.29. The number of sulfonamides is 1. The molecule has 158 valence electrons. The highest BCUT2D eigenvalue weighted by molar-refractivity contribution is 7.89. The highest BCUT2D eigenvalue weighted by atomic mass is 32.2. The predicted molar refractivity (Wildman–Crippen MR) is 115 cm³/mol. The Morgan fingerprint density at radius 1 is 1.00 bits per heavy atom.